The summed E-state index contributed by atoms with van der Waals surface area (Å²) >= 11 is 0. The Kier molecular flexibility index (Phi) is 4.04. The van der Waals surface area contributed by atoms with E-state index in [9.17, 15) is 0 Å². The van der Waals surface area contributed by atoms with Crippen LogP contribution in [0.15, 0.2) is 59.6 Å². The maximum Gasteiger partial charge on any atom is 0.170 e. The fraction of sp³-hybridized carbons (Fsp3) is 0.300. The van der Waals surface area contributed by atoms with Crippen molar-refractivity contribution in [1.29, 1.82) is 0 Å². The Hall–Kier alpha value is -3.22. The monoisotopic (exact) mass is 364 g/mol. The minimum Gasteiger partial charge on any atom is -0.450 e. The lowest BCUT2D eigenvalue weighted by Crippen LogP contribution is -2.29. The molecular weight excluding hydrogens is 344 g/mol. The van der Waals surface area contributed by atoms with Crippen LogP contribution in [0.1, 0.15) is 24.4 Å². The molecule has 0 unspecified atom stereocenters. The lowest BCUT2D eigenvalue weighted by atomic mass is 10.3. The number of hydrogen-bond acceptors (Lipinski definition) is 7. The van der Waals surface area contributed by atoms with Gasteiger partial charge >= 0.3 is 0 Å². The molecule has 0 spiro atoms. The minimum atomic E-state index is 0.652. The summed E-state index contributed by atoms with van der Waals surface area (Å²) in [6, 6.07) is 11.4. The first-order valence-corrected chi connectivity index (χ1v) is 9.24. The number of amidine groups is 2. The third-order valence-corrected chi connectivity index (χ3v) is 4.56. The predicted octanol–water partition coefficient (Wildman–Crippen LogP) is 3.28. The maximum absolute atomic E-state index is 5.95. The zero-order valence-corrected chi connectivity index (χ0v) is 14.8. The molecular formula is C20H20N4O3. The number of aliphatic imine (C=N–C) groups is 2. The second-order valence-electron chi connectivity index (χ2n) is 6.51. The number of nitrogens with zero attached hydrogens (tertiary/aromatic N) is 2. The van der Waals surface area contributed by atoms with Gasteiger partial charge in [0.15, 0.2) is 46.2 Å². The average Bonchev–Trinajstić information content (AvgIpc) is 3.49. The lowest BCUT2D eigenvalue weighted by molar-refractivity contribution is 0.501. The second kappa shape index (κ2) is 6.83. The summed E-state index contributed by atoms with van der Waals surface area (Å²) in [6.45, 7) is 3.48. The van der Waals surface area contributed by atoms with E-state index in [1.54, 1.807) is 0 Å². The Morgan fingerprint density at radius 1 is 0.556 bits per heavy atom. The van der Waals surface area contributed by atoms with Crippen LogP contribution in [0, 0.1) is 0 Å². The molecule has 0 aromatic carbocycles. The molecule has 0 radical (unpaired) electrons. The van der Waals surface area contributed by atoms with Crippen LogP contribution in [0.4, 0.5) is 0 Å². The van der Waals surface area contributed by atoms with Crippen LogP contribution in [0.2, 0.25) is 0 Å². The van der Waals surface area contributed by atoms with E-state index in [4.69, 9.17) is 13.3 Å². The predicted molar refractivity (Wildman–Crippen MR) is 102 cm³/mol. The van der Waals surface area contributed by atoms with Crippen LogP contribution in [0.5, 0.6) is 0 Å². The molecule has 0 atom stereocenters. The molecule has 0 aliphatic carbocycles. The SMILES string of the molecule is c1cc(-c2ccc(-c3ccc(C4=NCCCN4)o3)o2)oc1C1=NCCCN1. The molecule has 2 N–H and O–H groups in total. The van der Waals surface area contributed by atoms with Gasteiger partial charge in [0.1, 0.15) is 0 Å². The Balaban J connectivity index is 1.37. The second-order valence-corrected chi connectivity index (χ2v) is 6.51. The Labute approximate surface area is 156 Å². The van der Waals surface area contributed by atoms with E-state index in [0.29, 0.717) is 23.0 Å². The third kappa shape index (κ3) is 3.16. The summed E-state index contributed by atoms with van der Waals surface area (Å²) in [4.78, 5) is 8.91. The van der Waals surface area contributed by atoms with E-state index in [0.717, 1.165) is 62.2 Å². The van der Waals surface area contributed by atoms with Crippen molar-refractivity contribution in [2.24, 2.45) is 9.98 Å². The summed E-state index contributed by atoms with van der Waals surface area (Å²) in [5.74, 6) is 5.69. The van der Waals surface area contributed by atoms with Gasteiger partial charge in [-0.05, 0) is 49.2 Å². The highest BCUT2D eigenvalue weighted by molar-refractivity contribution is 5.97. The van der Waals surface area contributed by atoms with Crippen LogP contribution in [-0.2, 0) is 0 Å². The molecule has 2 aliphatic heterocycles. The van der Waals surface area contributed by atoms with E-state index >= 15 is 0 Å². The first kappa shape index (κ1) is 16.0. The van der Waals surface area contributed by atoms with Gasteiger partial charge in [0.2, 0.25) is 0 Å². The van der Waals surface area contributed by atoms with Gasteiger partial charge in [-0.3, -0.25) is 9.98 Å². The van der Waals surface area contributed by atoms with Crippen molar-refractivity contribution >= 4 is 11.7 Å². The largest absolute Gasteiger partial charge is 0.450 e. The Morgan fingerprint density at radius 2 is 0.926 bits per heavy atom. The van der Waals surface area contributed by atoms with Gasteiger partial charge in [0.25, 0.3) is 0 Å². The van der Waals surface area contributed by atoms with Gasteiger partial charge in [0, 0.05) is 26.2 Å². The van der Waals surface area contributed by atoms with Gasteiger partial charge in [-0.25, -0.2) is 0 Å². The molecule has 138 valence electrons. The van der Waals surface area contributed by atoms with E-state index < -0.39 is 0 Å². The van der Waals surface area contributed by atoms with Gasteiger partial charge in [-0.2, -0.15) is 0 Å². The average molecular weight is 364 g/mol. The molecule has 3 aromatic rings. The minimum absolute atomic E-state index is 0.652. The van der Waals surface area contributed by atoms with Crippen LogP contribution in [0.3, 0.4) is 0 Å². The van der Waals surface area contributed by atoms with Crippen molar-refractivity contribution in [2.45, 2.75) is 12.8 Å². The number of furan rings is 3. The van der Waals surface area contributed by atoms with Crippen LogP contribution >= 0.6 is 0 Å². The Bertz CT molecular complexity index is 929. The van der Waals surface area contributed by atoms with E-state index in [2.05, 4.69) is 20.6 Å². The van der Waals surface area contributed by atoms with Crippen molar-refractivity contribution in [2.75, 3.05) is 26.2 Å². The topological polar surface area (TPSA) is 88.2 Å². The fourth-order valence-electron chi connectivity index (χ4n) is 3.19. The smallest absolute Gasteiger partial charge is 0.170 e. The van der Waals surface area contributed by atoms with Crippen LogP contribution in [0.25, 0.3) is 23.0 Å². The Morgan fingerprint density at radius 3 is 1.30 bits per heavy atom. The molecule has 0 bridgehead atoms. The lowest BCUT2D eigenvalue weighted by Gasteiger charge is -2.11. The van der Waals surface area contributed by atoms with E-state index in [1.165, 1.54) is 0 Å². The normalized spacial score (nSPS) is 17.0. The summed E-state index contributed by atoms with van der Waals surface area (Å²) in [5, 5.41) is 6.52. The summed E-state index contributed by atoms with van der Waals surface area (Å²) in [7, 11) is 0. The number of hydrogen-bond donors (Lipinski definition) is 2. The van der Waals surface area contributed by atoms with Crippen molar-refractivity contribution in [3.63, 3.8) is 0 Å². The fourth-order valence-corrected chi connectivity index (χ4v) is 3.19. The van der Waals surface area contributed by atoms with Crippen molar-refractivity contribution < 1.29 is 13.3 Å². The molecule has 7 nitrogen and oxygen atoms in total. The molecule has 2 aliphatic rings. The highest BCUT2D eigenvalue weighted by Gasteiger charge is 2.17. The molecule has 3 aromatic heterocycles. The van der Waals surface area contributed by atoms with Gasteiger partial charge < -0.3 is 23.9 Å². The third-order valence-electron chi connectivity index (χ3n) is 4.56. The molecule has 7 heteroatoms. The summed E-state index contributed by atoms with van der Waals surface area (Å²) in [5.41, 5.74) is 0. The van der Waals surface area contributed by atoms with Crippen molar-refractivity contribution in [1.82, 2.24) is 10.6 Å². The zero-order chi connectivity index (χ0) is 18.1. The highest BCUT2D eigenvalue weighted by atomic mass is 16.4. The molecule has 5 heterocycles. The van der Waals surface area contributed by atoms with Crippen LogP contribution in [-0.4, -0.2) is 37.9 Å². The molecule has 0 fully saturated rings. The maximum atomic E-state index is 5.95. The van der Waals surface area contributed by atoms with Gasteiger partial charge in [-0.1, -0.05) is 0 Å². The van der Waals surface area contributed by atoms with Crippen molar-refractivity contribution in [3.05, 3.63) is 47.9 Å². The quantitative estimate of drug-likeness (QED) is 0.742. The van der Waals surface area contributed by atoms with E-state index in [-0.39, 0.29) is 0 Å². The molecule has 0 saturated carbocycles. The first-order valence-electron chi connectivity index (χ1n) is 9.24. The highest BCUT2D eigenvalue weighted by Crippen LogP contribution is 2.31. The van der Waals surface area contributed by atoms with Crippen molar-refractivity contribution in [3.8, 4) is 23.0 Å². The van der Waals surface area contributed by atoms with Gasteiger partial charge in [0.05, 0.1) is 0 Å². The standard InChI is InChI=1S/C20H20N4O3/c1-9-21-19(22-10-1)17-7-5-15(26-17)13-3-4-14(25-13)16-6-8-18(27-16)20-23-11-2-12-24-20/h3-8H,1-2,9-12H2,(H,21,22)(H,23,24). The molecule has 0 amide bonds. The molecule has 0 saturated heterocycles. The number of nitrogens with one attached hydrogen (secondary N) is 2. The first-order chi connectivity index (χ1) is 13.4. The number of rotatable bonds is 4. The van der Waals surface area contributed by atoms with E-state index in [1.807, 2.05) is 36.4 Å². The van der Waals surface area contributed by atoms with Crippen LogP contribution < -0.4 is 10.6 Å². The zero-order valence-electron chi connectivity index (χ0n) is 14.8. The molecule has 27 heavy (non-hydrogen) atoms. The summed E-state index contributed by atoms with van der Waals surface area (Å²) in [6.07, 6.45) is 2.09. The molecule has 5 rings (SSSR count). The van der Waals surface area contributed by atoms with Gasteiger partial charge in [-0.15, -0.1) is 0 Å². The summed E-state index contributed by atoms with van der Waals surface area (Å²) < 4.78 is 17.8.